The average molecular weight is 505 g/mol. The number of thiophene rings is 1. The zero-order valence-electron chi connectivity index (χ0n) is 19.7. The quantitative estimate of drug-likeness (QED) is 0.383. The van der Waals surface area contributed by atoms with E-state index in [0.29, 0.717) is 17.3 Å². The van der Waals surface area contributed by atoms with E-state index in [4.69, 9.17) is 16.7 Å². The number of rotatable bonds is 5. The van der Waals surface area contributed by atoms with E-state index in [1.165, 1.54) is 0 Å². The molecule has 2 amide bonds. The first kappa shape index (κ1) is 23.3. The lowest BCUT2D eigenvalue weighted by molar-refractivity contribution is -0.126. The van der Waals surface area contributed by atoms with Gasteiger partial charge < -0.3 is 5.32 Å². The van der Waals surface area contributed by atoms with Crippen LogP contribution in [0.4, 0.5) is 5.69 Å². The zero-order chi connectivity index (χ0) is 24.7. The standard InChI is InChI=1S/C27H25ClN4O2S/c1-17-6-7-18(2)22(13-17)32-25(33)23-14-21(24-5-4-12-35-24)30-31(23)16-27(32,3)26(34)29-15-19-8-10-20(28)11-9-19/h4-14H,15-16H2,1-3H3,(H,29,34). The van der Waals surface area contributed by atoms with Crippen molar-refractivity contribution in [3.63, 3.8) is 0 Å². The molecule has 0 fully saturated rings. The maximum absolute atomic E-state index is 14.0. The van der Waals surface area contributed by atoms with Crippen molar-refractivity contribution in [1.82, 2.24) is 15.1 Å². The Labute approximate surface area is 213 Å². The summed E-state index contributed by atoms with van der Waals surface area (Å²) in [4.78, 5) is 30.3. The lowest BCUT2D eigenvalue weighted by Gasteiger charge is -2.43. The summed E-state index contributed by atoms with van der Waals surface area (Å²) in [6.07, 6.45) is 0. The molecule has 2 aromatic heterocycles. The van der Waals surface area contributed by atoms with Crippen molar-refractivity contribution in [2.75, 3.05) is 4.90 Å². The minimum Gasteiger partial charge on any atom is -0.350 e. The number of nitrogens with one attached hydrogen (secondary N) is 1. The third-order valence-corrected chi connectivity index (χ3v) is 7.53. The number of carbonyl (C=O) groups is 2. The molecule has 1 aliphatic rings. The third-order valence-electron chi connectivity index (χ3n) is 6.39. The third kappa shape index (κ3) is 4.26. The van der Waals surface area contributed by atoms with Crippen molar-refractivity contribution < 1.29 is 9.59 Å². The zero-order valence-corrected chi connectivity index (χ0v) is 21.3. The largest absolute Gasteiger partial charge is 0.350 e. The number of fused-ring (bicyclic) bond motifs is 1. The minimum absolute atomic E-state index is 0.235. The Kier molecular flexibility index (Phi) is 5.99. The second kappa shape index (κ2) is 8.98. The van der Waals surface area contributed by atoms with E-state index in [9.17, 15) is 9.59 Å². The van der Waals surface area contributed by atoms with E-state index in [0.717, 1.165) is 32.9 Å². The van der Waals surface area contributed by atoms with Crippen molar-refractivity contribution in [2.45, 2.75) is 39.4 Å². The molecule has 4 aromatic rings. The summed E-state index contributed by atoms with van der Waals surface area (Å²) in [7, 11) is 0. The molecule has 178 valence electrons. The molecule has 0 bridgehead atoms. The molecule has 1 aliphatic heterocycles. The molecular weight excluding hydrogens is 480 g/mol. The second-order valence-electron chi connectivity index (χ2n) is 9.06. The molecule has 8 heteroatoms. The van der Waals surface area contributed by atoms with Crippen LogP contribution in [-0.2, 0) is 17.9 Å². The lowest BCUT2D eigenvalue weighted by Crippen LogP contribution is -2.64. The molecule has 35 heavy (non-hydrogen) atoms. The van der Waals surface area contributed by atoms with Crippen LogP contribution in [0.1, 0.15) is 34.1 Å². The molecule has 0 saturated carbocycles. The Morgan fingerprint density at radius 3 is 2.63 bits per heavy atom. The van der Waals surface area contributed by atoms with Crippen molar-refractivity contribution >= 4 is 40.4 Å². The Morgan fingerprint density at radius 2 is 1.91 bits per heavy atom. The van der Waals surface area contributed by atoms with Crippen LogP contribution in [0.3, 0.4) is 0 Å². The Hall–Kier alpha value is -3.42. The van der Waals surface area contributed by atoms with E-state index in [1.807, 2.05) is 67.8 Å². The van der Waals surface area contributed by atoms with Crippen LogP contribution < -0.4 is 10.2 Å². The van der Waals surface area contributed by atoms with Crippen LogP contribution in [0.15, 0.2) is 66.0 Å². The van der Waals surface area contributed by atoms with Crippen molar-refractivity contribution in [2.24, 2.45) is 0 Å². The lowest BCUT2D eigenvalue weighted by atomic mass is 9.92. The van der Waals surface area contributed by atoms with Crippen LogP contribution in [0.5, 0.6) is 0 Å². The first-order chi connectivity index (χ1) is 16.8. The van der Waals surface area contributed by atoms with Crippen molar-refractivity contribution in [3.8, 4) is 10.6 Å². The van der Waals surface area contributed by atoms with E-state index >= 15 is 0 Å². The fourth-order valence-electron chi connectivity index (χ4n) is 4.44. The normalized spacial score (nSPS) is 17.4. The van der Waals surface area contributed by atoms with Gasteiger partial charge in [0.1, 0.15) is 16.9 Å². The van der Waals surface area contributed by atoms with Gasteiger partial charge in [0.2, 0.25) is 5.91 Å². The Bertz CT molecular complexity index is 1410. The van der Waals surface area contributed by atoms with Gasteiger partial charge in [-0.2, -0.15) is 5.10 Å². The maximum atomic E-state index is 14.0. The van der Waals surface area contributed by atoms with Gasteiger partial charge in [-0.1, -0.05) is 41.9 Å². The van der Waals surface area contributed by atoms with Crippen LogP contribution in [-0.4, -0.2) is 27.1 Å². The SMILES string of the molecule is Cc1ccc(C)c(N2C(=O)c3cc(-c4cccs4)nn3CC2(C)C(=O)NCc2ccc(Cl)cc2)c1. The highest BCUT2D eigenvalue weighted by Crippen LogP contribution is 2.36. The number of anilines is 1. The van der Waals surface area contributed by atoms with Crippen LogP contribution in [0.2, 0.25) is 5.02 Å². The molecular formula is C27H25ClN4O2S. The highest BCUT2D eigenvalue weighted by atomic mass is 35.5. The molecule has 1 N–H and O–H groups in total. The summed E-state index contributed by atoms with van der Waals surface area (Å²) in [5, 5.41) is 10.4. The molecule has 1 atom stereocenters. The van der Waals surface area contributed by atoms with Gasteiger partial charge in [-0.3, -0.25) is 19.2 Å². The van der Waals surface area contributed by atoms with Crippen LogP contribution in [0, 0.1) is 13.8 Å². The number of carbonyl (C=O) groups excluding carboxylic acids is 2. The highest BCUT2D eigenvalue weighted by molar-refractivity contribution is 7.13. The average Bonchev–Trinajstić information content (AvgIpc) is 3.51. The van der Waals surface area contributed by atoms with Gasteiger partial charge >= 0.3 is 0 Å². The van der Waals surface area contributed by atoms with E-state index in [1.54, 1.807) is 40.0 Å². The van der Waals surface area contributed by atoms with Crippen LogP contribution in [0.25, 0.3) is 10.6 Å². The topological polar surface area (TPSA) is 67.2 Å². The maximum Gasteiger partial charge on any atom is 0.277 e. The summed E-state index contributed by atoms with van der Waals surface area (Å²) < 4.78 is 1.67. The molecule has 3 heterocycles. The number of hydrogen-bond donors (Lipinski definition) is 1. The molecule has 6 nitrogen and oxygen atoms in total. The summed E-state index contributed by atoms with van der Waals surface area (Å²) in [5.41, 5.74) is 3.60. The fourth-order valence-corrected chi connectivity index (χ4v) is 5.25. The Morgan fingerprint density at radius 1 is 1.14 bits per heavy atom. The second-order valence-corrected chi connectivity index (χ2v) is 10.4. The van der Waals surface area contributed by atoms with Crippen molar-refractivity contribution in [1.29, 1.82) is 0 Å². The molecule has 2 aromatic carbocycles. The van der Waals surface area contributed by atoms with Gasteiger partial charge in [0.05, 0.1) is 11.4 Å². The van der Waals surface area contributed by atoms with E-state index < -0.39 is 5.54 Å². The van der Waals surface area contributed by atoms with Gasteiger partial charge in [0, 0.05) is 17.3 Å². The molecule has 1 unspecified atom stereocenters. The number of amides is 2. The van der Waals surface area contributed by atoms with Gasteiger partial charge in [-0.25, -0.2) is 0 Å². The molecule has 0 aliphatic carbocycles. The van der Waals surface area contributed by atoms with Gasteiger partial charge in [-0.05, 0) is 73.2 Å². The highest BCUT2D eigenvalue weighted by Gasteiger charge is 2.49. The first-order valence-corrected chi connectivity index (χ1v) is 12.6. The molecule has 0 saturated heterocycles. The van der Waals surface area contributed by atoms with E-state index in [-0.39, 0.29) is 18.4 Å². The summed E-state index contributed by atoms with van der Waals surface area (Å²) in [6.45, 7) is 6.30. The summed E-state index contributed by atoms with van der Waals surface area (Å²) in [5.74, 6) is -0.495. The summed E-state index contributed by atoms with van der Waals surface area (Å²) in [6, 6.07) is 19.0. The predicted molar refractivity (Wildman–Crippen MR) is 140 cm³/mol. The molecule has 0 radical (unpaired) electrons. The summed E-state index contributed by atoms with van der Waals surface area (Å²) >= 11 is 7.56. The number of aromatic nitrogens is 2. The minimum atomic E-state index is -1.19. The van der Waals surface area contributed by atoms with E-state index in [2.05, 4.69) is 5.32 Å². The fraction of sp³-hybridized carbons (Fsp3) is 0.222. The monoisotopic (exact) mass is 504 g/mol. The number of nitrogens with zero attached hydrogens (tertiary/aromatic N) is 3. The number of hydrogen-bond acceptors (Lipinski definition) is 4. The van der Waals surface area contributed by atoms with Gasteiger partial charge in [0.15, 0.2) is 0 Å². The number of benzene rings is 2. The molecule has 0 spiro atoms. The predicted octanol–water partition coefficient (Wildman–Crippen LogP) is 5.62. The van der Waals surface area contributed by atoms with Crippen molar-refractivity contribution in [3.05, 3.63) is 93.5 Å². The first-order valence-electron chi connectivity index (χ1n) is 11.3. The van der Waals surface area contributed by atoms with Gasteiger partial charge in [0.25, 0.3) is 5.91 Å². The Balaban J connectivity index is 1.56. The molecule has 5 rings (SSSR count). The number of aryl methyl sites for hydroxylation is 2. The van der Waals surface area contributed by atoms with Gasteiger partial charge in [-0.15, -0.1) is 11.3 Å². The van der Waals surface area contributed by atoms with Crippen LogP contribution >= 0.6 is 22.9 Å². The number of halogens is 1. The smallest absolute Gasteiger partial charge is 0.277 e.